The number of nitrogens with zero attached hydrogens (tertiary/aromatic N) is 14. The first-order valence-electron chi connectivity index (χ1n) is 30.1. The van der Waals surface area contributed by atoms with Gasteiger partial charge in [0.25, 0.3) is 0 Å². The maximum Gasteiger partial charge on any atom is 0.0110 e. The summed E-state index contributed by atoms with van der Waals surface area (Å²) in [6, 6.07) is 0. The van der Waals surface area contributed by atoms with Gasteiger partial charge in [-0.2, -0.15) is 0 Å². The Balaban J connectivity index is 0.000000188. The molecule has 0 unspecified atom stereocenters. The van der Waals surface area contributed by atoms with Crippen molar-refractivity contribution in [3.05, 3.63) is 0 Å². The van der Waals surface area contributed by atoms with Crippen molar-refractivity contribution < 1.29 is 0 Å². The van der Waals surface area contributed by atoms with Crippen LogP contribution >= 0.6 is 0 Å². The summed E-state index contributed by atoms with van der Waals surface area (Å²) in [5.74, 6) is 0. The lowest BCUT2D eigenvalue weighted by atomic mass is 10.2. The molecule has 0 aromatic rings. The summed E-state index contributed by atoms with van der Waals surface area (Å²) >= 11 is 0. The second-order valence-corrected chi connectivity index (χ2v) is 22.0. The summed E-state index contributed by atoms with van der Waals surface area (Å²) in [6.45, 7) is 59.1. The van der Waals surface area contributed by atoms with E-state index in [9.17, 15) is 0 Å². The molecule has 0 atom stereocenters. The highest BCUT2D eigenvalue weighted by atomic mass is 15.3. The standard InChI is InChI=1S/C18H39N7.C14H32N6.C12H27N5.C8H20N4/c19-1-4-21-7-10-23(11-8-21)13-16-25-17-14-24(15-18-25)12-9-22-5-2-20-3-6-22;15-1-3-17-5-9-19(10-6-17)13-14-20-11-7-18(4-2-16)8-12-20;13-1-4-15-7-10-17(11-8-15)12-9-16-5-2-14-3-6-16;9-1-3-11-5-7-12(4-2-10)8-6-11/h20H,1-19H2;1-16H2;14H,1-13H2;1-10H2. The van der Waals surface area contributed by atoms with Crippen LogP contribution in [0.4, 0.5) is 0 Å². The van der Waals surface area contributed by atoms with Gasteiger partial charge in [0.1, 0.15) is 0 Å². The molecule has 8 aliphatic heterocycles. The Morgan fingerprint density at radius 2 is 0.270 bits per heavy atom. The van der Waals surface area contributed by atoms with Crippen molar-refractivity contribution in [3.8, 4) is 0 Å². The minimum Gasteiger partial charge on any atom is -0.329 e. The van der Waals surface area contributed by atoms with Crippen LogP contribution in [-0.2, 0) is 0 Å². The Hall–Kier alpha value is -0.880. The molecule has 8 fully saturated rings. The third-order valence-corrected chi connectivity index (χ3v) is 16.8. The van der Waals surface area contributed by atoms with Crippen LogP contribution in [0.3, 0.4) is 0 Å². The van der Waals surface area contributed by atoms with Gasteiger partial charge in [-0.3, -0.25) is 68.6 Å². The first-order valence-corrected chi connectivity index (χ1v) is 30.1. The molecular formula is C52H118N22. The van der Waals surface area contributed by atoms with Gasteiger partial charge in [0.2, 0.25) is 0 Å². The smallest absolute Gasteiger partial charge is 0.0110 e. The topological polar surface area (TPSA) is 226 Å². The molecule has 8 rings (SSSR count). The Kier molecular flexibility index (Phi) is 34.8. The molecule has 0 aromatic heterocycles. The highest BCUT2D eigenvalue weighted by Crippen LogP contribution is 2.08. The summed E-state index contributed by atoms with van der Waals surface area (Å²) in [6.07, 6.45) is 0. The third-order valence-electron chi connectivity index (χ3n) is 16.8. The van der Waals surface area contributed by atoms with Crippen molar-refractivity contribution in [2.45, 2.75) is 0 Å². The molecule has 436 valence electrons. The molecule has 8 saturated heterocycles. The van der Waals surface area contributed by atoms with E-state index in [0.29, 0.717) is 0 Å². The van der Waals surface area contributed by atoms with E-state index in [4.69, 9.17) is 34.4 Å². The molecule has 74 heavy (non-hydrogen) atoms. The highest BCUT2D eigenvalue weighted by molar-refractivity contribution is 4.80. The van der Waals surface area contributed by atoms with Crippen LogP contribution in [0.2, 0.25) is 0 Å². The van der Waals surface area contributed by atoms with Crippen LogP contribution in [0.25, 0.3) is 0 Å². The Bertz CT molecular complexity index is 1230. The first kappa shape index (κ1) is 63.9. The van der Waals surface area contributed by atoms with Crippen LogP contribution in [-0.4, -0.2) is 409 Å². The fourth-order valence-electron chi connectivity index (χ4n) is 11.5. The van der Waals surface area contributed by atoms with E-state index in [0.717, 1.165) is 131 Å². The number of nitrogens with two attached hydrogens (primary N) is 6. The summed E-state index contributed by atoms with van der Waals surface area (Å²) in [5.41, 5.74) is 33.4. The Morgan fingerprint density at radius 1 is 0.162 bits per heavy atom. The Morgan fingerprint density at radius 3 is 0.392 bits per heavy atom. The minimum atomic E-state index is 0.775. The number of piperazine rings is 8. The van der Waals surface area contributed by atoms with Crippen molar-refractivity contribution >= 4 is 0 Å². The van der Waals surface area contributed by atoms with Gasteiger partial charge in [-0.25, -0.2) is 0 Å². The summed E-state index contributed by atoms with van der Waals surface area (Å²) in [4.78, 5) is 35.6. The maximum absolute atomic E-state index is 5.65. The number of rotatable bonds is 24. The van der Waals surface area contributed by atoms with Crippen LogP contribution in [0.15, 0.2) is 0 Å². The van der Waals surface area contributed by atoms with Crippen molar-refractivity contribution in [1.82, 2.24) is 79.2 Å². The van der Waals surface area contributed by atoms with Gasteiger partial charge in [0.15, 0.2) is 0 Å². The van der Waals surface area contributed by atoms with Gasteiger partial charge in [0.05, 0.1) is 0 Å². The lowest BCUT2D eigenvalue weighted by molar-refractivity contribution is 0.0898. The molecule has 0 saturated carbocycles. The monoisotopic (exact) mass is 1050 g/mol. The quantitative estimate of drug-likeness (QED) is 0.0450. The molecule has 22 nitrogen and oxygen atoms in total. The molecule has 0 aromatic carbocycles. The van der Waals surface area contributed by atoms with E-state index < -0.39 is 0 Å². The van der Waals surface area contributed by atoms with E-state index >= 15 is 0 Å². The molecule has 0 bridgehead atoms. The normalized spacial score (nSPS) is 24.7. The molecule has 0 spiro atoms. The highest BCUT2D eigenvalue weighted by Gasteiger charge is 2.23. The van der Waals surface area contributed by atoms with E-state index in [1.807, 2.05) is 0 Å². The zero-order chi connectivity index (χ0) is 52.3. The maximum atomic E-state index is 5.65. The zero-order valence-electron chi connectivity index (χ0n) is 47.5. The molecule has 22 heteroatoms. The molecular weight excluding hydrogens is 933 g/mol. The second-order valence-electron chi connectivity index (χ2n) is 22.0. The third kappa shape index (κ3) is 27.3. The van der Waals surface area contributed by atoms with Gasteiger partial charge in [-0.15, -0.1) is 0 Å². The van der Waals surface area contributed by atoms with Crippen LogP contribution in [0, 0.1) is 0 Å². The SMILES string of the molecule is NCCN1CCN(CCN)CC1.NCCN1CCN(CCN2CCN(CCN)CC2)CC1.NCCN1CCN(CCN2CCN(CCN3CCNCC3)CC2)CC1.NCCN1CCN(CCN2CCNCC2)CC1. The van der Waals surface area contributed by atoms with E-state index in [2.05, 4.69) is 79.2 Å². The molecule has 0 radical (unpaired) electrons. The second kappa shape index (κ2) is 40.3. The van der Waals surface area contributed by atoms with Crippen molar-refractivity contribution in [1.29, 1.82) is 0 Å². The van der Waals surface area contributed by atoms with Gasteiger partial charge >= 0.3 is 0 Å². The number of nitrogens with one attached hydrogen (secondary N) is 2. The minimum absolute atomic E-state index is 0.775. The first-order chi connectivity index (χ1) is 36.4. The largest absolute Gasteiger partial charge is 0.329 e. The average Bonchev–Trinajstić information content (AvgIpc) is 3.45. The van der Waals surface area contributed by atoms with Gasteiger partial charge in [-0.05, 0) is 0 Å². The van der Waals surface area contributed by atoms with E-state index in [1.54, 1.807) is 0 Å². The van der Waals surface area contributed by atoms with Gasteiger partial charge < -0.3 is 45.0 Å². The van der Waals surface area contributed by atoms with Crippen molar-refractivity contribution in [2.24, 2.45) is 34.4 Å². The van der Waals surface area contributed by atoms with E-state index in [-0.39, 0.29) is 0 Å². The van der Waals surface area contributed by atoms with Crippen LogP contribution < -0.4 is 45.0 Å². The van der Waals surface area contributed by atoms with Crippen LogP contribution in [0.1, 0.15) is 0 Å². The molecule has 14 N–H and O–H groups in total. The fraction of sp³-hybridized carbons (Fsp3) is 1.00. The van der Waals surface area contributed by atoms with Crippen LogP contribution in [0.5, 0.6) is 0 Å². The average molecular weight is 1050 g/mol. The number of hydrogen-bond acceptors (Lipinski definition) is 22. The van der Waals surface area contributed by atoms with Crippen molar-refractivity contribution in [2.75, 3.05) is 340 Å². The zero-order valence-corrected chi connectivity index (χ0v) is 47.5. The predicted molar refractivity (Wildman–Crippen MR) is 310 cm³/mol. The van der Waals surface area contributed by atoms with Gasteiger partial charge in [-0.1, -0.05) is 0 Å². The molecule has 0 amide bonds. The fourth-order valence-corrected chi connectivity index (χ4v) is 11.5. The lowest BCUT2D eigenvalue weighted by Crippen LogP contribution is -2.53. The van der Waals surface area contributed by atoms with E-state index in [1.165, 1.54) is 209 Å². The molecule has 8 aliphatic rings. The molecule has 0 aliphatic carbocycles. The predicted octanol–water partition coefficient (Wildman–Crippen LogP) is -6.79. The Labute approximate surface area is 452 Å². The molecule has 8 heterocycles. The van der Waals surface area contributed by atoms with Crippen molar-refractivity contribution in [3.63, 3.8) is 0 Å². The van der Waals surface area contributed by atoms with Gasteiger partial charge in [0, 0.05) is 340 Å². The summed E-state index contributed by atoms with van der Waals surface area (Å²) in [7, 11) is 0. The lowest BCUT2D eigenvalue weighted by Gasteiger charge is -2.38. The summed E-state index contributed by atoms with van der Waals surface area (Å²) < 4.78 is 0. The summed E-state index contributed by atoms with van der Waals surface area (Å²) in [5, 5.41) is 6.83. The number of hydrogen-bond donors (Lipinski definition) is 8.